The number of ether oxygens (including phenoxy) is 1. The van der Waals surface area contributed by atoms with E-state index in [1.807, 2.05) is 24.3 Å². The normalized spacial score (nSPS) is 15.1. The number of methoxy groups -OCH3 is 1. The average Bonchev–Trinajstić information content (AvgIpc) is 3.36. The number of para-hydroxylation sites is 1. The smallest absolute Gasteiger partial charge is 0.328 e. The predicted molar refractivity (Wildman–Crippen MR) is 98.8 cm³/mol. The summed E-state index contributed by atoms with van der Waals surface area (Å²) in [7, 11) is 1.30. The number of benzene rings is 1. The molecule has 140 valence electrons. The van der Waals surface area contributed by atoms with Crippen LogP contribution in [0.3, 0.4) is 0 Å². The standard InChI is InChI=1S/C20H21N3O4/c1-3-4-10-20(22-23-20)11-9-18(24)21-16(19(25)26-2)12-14-13-27-17-8-6-5-7-15(14)17/h1,5-8,13,16H,4,9-12H2,2H3,(H,21,24). The Labute approximate surface area is 157 Å². The molecule has 0 bridgehead atoms. The van der Waals surface area contributed by atoms with E-state index in [1.54, 1.807) is 6.26 Å². The fourth-order valence-electron chi connectivity index (χ4n) is 2.99. The number of nitrogens with one attached hydrogen (secondary N) is 1. The number of amides is 1. The van der Waals surface area contributed by atoms with E-state index in [1.165, 1.54) is 7.11 Å². The molecule has 1 aliphatic rings. The summed E-state index contributed by atoms with van der Waals surface area (Å²) in [5, 5.41) is 11.7. The molecule has 27 heavy (non-hydrogen) atoms. The first-order chi connectivity index (χ1) is 13.1. The molecule has 1 unspecified atom stereocenters. The quantitative estimate of drug-likeness (QED) is 0.545. The summed E-state index contributed by atoms with van der Waals surface area (Å²) in [6, 6.07) is 6.74. The molecular weight excluding hydrogens is 346 g/mol. The number of furan rings is 1. The van der Waals surface area contributed by atoms with E-state index in [2.05, 4.69) is 21.5 Å². The Morgan fingerprint density at radius 3 is 2.81 bits per heavy atom. The van der Waals surface area contributed by atoms with Crippen molar-refractivity contribution in [3.63, 3.8) is 0 Å². The topological polar surface area (TPSA) is 93.3 Å². The molecule has 0 spiro atoms. The van der Waals surface area contributed by atoms with E-state index in [0.29, 0.717) is 19.3 Å². The van der Waals surface area contributed by atoms with Crippen LogP contribution in [0.5, 0.6) is 0 Å². The molecule has 0 saturated carbocycles. The summed E-state index contributed by atoms with van der Waals surface area (Å²) in [4.78, 5) is 24.5. The van der Waals surface area contributed by atoms with Gasteiger partial charge in [0.15, 0.2) is 5.66 Å². The lowest BCUT2D eigenvalue weighted by Crippen LogP contribution is -2.43. The molecule has 0 fully saturated rings. The fraction of sp³-hybridized carbons (Fsp3) is 0.400. The molecule has 7 nitrogen and oxygen atoms in total. The summed E-state index contributed by atoms with van der Waals surface area (Å²) in [5.74, 6) is 1.80. The van der Waals surface area contributed by atoms with Gasteiger partial charge in [0.1, 0.15) is 11.6 Å². The molecule has 2 aromatic rings. The van der Waals surface area contributed by atoms with E-state index < -0.39 is 17.7 Å². The Hall–Kier alpha value is -3.14. The summed E-state index contributed by atoms with van der Waals surface area (Å²) in [5.41, 5.74) is 1.04. The molecule has 7 heteroatoms. The van der Waals surface area contributed by atoms with Crippen LogP contribution in [0.15, 0.2) is 45.2 Å². The minimum absolute atomic E-state index is 0.206. The van der Waals surface area contributed by atoms with Crippen molar-refractivity contribution in [2.45, 2.75) is 43.8 Å². The molecule has 1 atom stereocenters. The first-order valence-corrected chi connectivity index (χ1v) is 8.77. The molecule has 1 N–H and O–H groups in total. The van der Waals surface area contributed by atoms with E-state index in [0.717, 1.165) is 16.5 Å². The van der Waals surface area contributed by atoms with Gasteiger partial charge < -0.3 is 14.5 Å². The zero-order valence-corrected chi connectivity index (χ0v) is 15.1. The van der Waals surface area contributed by atoms with Gasteiger partial charge in [-0.2, -0.15) is 10.2 Å². The molecule has 3 rings (SSSR count). The van der Waals surface area contributed by atoms with Crippen LogP contribution in [0.2, 0.25) is 0 Å². The summed E-state index contributed by atoms with van der Waals surface area (Å²) in [6.07, 6.45) is 9.03. The summed E-state index contributed by atoms with van der Waals surface area (Å²) < 4.78 is 10.3. The molecule has 1 aliphatic heterocycles. The van der Waals surface area contributed by atoms with Gasteiger partial charge >= 0.3 is 5.97 Å². The molecule has 0 saturated heterocycles. The number of carbonyl (C=O) groups excluding carboxylic acids is 2. The number of fused-ring (bicyclic) bond motifs is 1. The zero-order valence-electron chi connectivity index (χ0n) is 15.1. The monoisotopic (exact) mass is 367 g/mol. The van der Waals surface area contributed by atoms with Gasteiger partial charge in [-0.15, -0.1) is 12.3 Å². The second-order valence-electron chi connectivity index (χ2n) is 6.49. The van der Waals surface area contributed by atoms with Crippen molar-refractivity contribution in [2.75, 3.05) is 7.11 Å². The third-order valence-electron chi connectivity index (χ3n) is 4.61. The maximum Gasteiger partial charge on any atom is 0.328 e. The third kappa shape index (κ3) is 4.53. The minimum atomic E-state index is -0.793. The maximum absolute atomic E-state index is 12.3. The number of rotatable bonds is 9. The van der Waals surface area contributed by atoms with Gasteiger partial charge in [-0.1, -0.05) is 18.2 Å². The largest absolute Gasteiger partial charge is 0.467 e. The molecule has 2 heterocycles. The van der Waals surface area contributed by atoms with E-state index >= 15 is 0 Å². The van der Waals surface area contributed by atoms with Gasteiger partial charge in [0, 0.05) is 43.1 Å². The van der Waals surface area contributed by atoms with Crippen LogP contribution in [-0.2, 0) is 20.7 Å². The van der Waals surface area contributed by atoms with E-state index in [-0.39, 0.29) is 18.7 Å². The second kappa shape index (κ2) is 8.04. The highest BCUT2D eigenvalue weighted by atomic mass is 16.5. The molecule has 1 amide bonds. The van der Waals surface area contributed by atoms with E-state index in [4.69, 9.17) is 15.6 Å². The SMILES string of the molecule is C#CCCC1(CCC(=O)NC(Cc2coc3ccccc23)C(=O)OC)N=N1. The fourth-order valence-corrected chi connectivity index (χ4v) is 2.99. The minimum Gasteiger partial charge on any atom is -0.467 e. The van der Waals surface area contributed by atoms with Gasteiger partial charge in [-0.05, 0) is 6.07 Å². The molecule has 1 aromatic heterocycles. The lowest BCUT2D eigenvalue weighted by Gasteiger charge is -2.16. The molecule has 0 radical (unpaired) electrons. The van der Waals surface area contributed by atoms with Gasteiger partial charge in [0.2, 0.25) is 5.91 Å². The van der Waals surface area contributed by atoms with Crippen molar-refractivity contribution < 1.29 is 18.7 Å². The van der Waals surface area contributed by atoms with Crippen molar-refractivity contribution >= 4 is 22.8 Å². The number of terminal acetylenes is 1. The molecule has 0 aliphatic carbocycles. The van der Waals surface area contributed by atoms with Crippen LogP contribution < -0.4 is 5.32 Å². The lowest BCUT2D eigenvalue weighted by atomic mass is 10.0. The van der Waals surface area contributed by atoms with Crippen molar-refractivity contribution in [3.05, 3.63) is 36.1 Å². The van der Waals surface area contributed by atoms with Crippen LogP contribution in [0.4, 0.5) is 0 Å². The van der Waals surface area contributed by atoms with Gasteiger partial charge in [0.25, 0.3) is 0 Å². The van der Waals surface area contributed by atoms with Crippen LogP contribution >= 0.6 is 0 Å². The molecular formula is C20H21N3O4. The Balaban J connectivity index is 1.61. The van der Waals surface area contributed by atoms with Crippen LogP contribution in [0, 0.1) is 12.3 Å². The second-order valence-corrected chi connectivity index (χ2v) is 6.49. The predicted octanol–water partition coefficient (Wildman–Crippen LogP) is 2.99. The van der Waals surface area contributed by atoms with E-state index in [9.17, 15) is 9.59 Å². The Morgan fingerprint density at radius 1 is 1.33 bits per heavy atom. The lowest BCUT2D eigenvalue weighted by molar-refractivity contribution is -0.145. The average molecular weight is 367 g/mol. The van der Waals surface area contributed by atoms with Crippen molar-refractivity contribution in [1.82, 2.24) is 5.32 Å². The number of esters is 1. The Bertz CT molecular complexity index is 903. The summed E-state index contributed by atoms with van der Waals surface area (Å²) >= 11 is 0. The van der Waals surface area contributed by atoms with Crippen LogP contribution in [0.25, 0.3) is 11.0 Å². The highest BCUT2D eigenvalue weighted by Crippen LogP contribution is 2.37. The van der Waals surface area contributed by atoms with Crippen molar-refractivity contribution in [1.29, 1.82) is 0 Å². The first-order valence-electron chi connectivity index (χ1n) is 8.77. The summed E-state index contributed by atoms with van der Waals surface area (Å²) in [6.45, 7) is 0. The number of carbonyl (C=O) groups is 2. The Kier molecular flexibility index (Phi) is 5.55. The Morgan fingerprint density at radius 2 is 2.11 bits per heavy atom. The van der Waals surface area contributed by atoms with Gasteiger partial charge in [-0.3, -0.25) is 4.79 Å². The number of hydrogen-bond acceptors (Lipinski definition) is 6. The van der Waals surface area contributed by atoms with Crippen LogP contribution in [0.1, 0.15) is 31.2 Å². The van der Waals surface area contributed by atoms with Gasteiger partial charge in [-0.25, -0.2) is 4.79 Å². The number of nitrogens with zero attached hydrogens (tertiary/aromatic N) is 2. The highest BCUT2D eigenvalue weighted by molar-refractivity contribution is 5.86. The van der Waals surface area contributed by atoms with Crippen molar-refractivity contribution in [2.24, 2.45) is 10.2 Å². The van der Waals surface area contributed by atoms with Gasteiger partial charge in [0.05, 0.1) is 13.4 Å². The third-order valence-corrected chi connectivity index (χ3v) is 4.61. The zero-order chi connectivity index (χ0) is 19.3. The van der Waals surface area contributed by atoms with Crippen LogP contribution in [-0.4, -0.2) is 30.7 Å². The number of hydrogen-bond donors (Lipinski definition) is 1. The molecule has 1 aromatic carbocycles. The highest BCUT2D eigenvalue weighted by Gasteiger charge is 2.39. The maximum atomic E-state index is 12.3. The first kappa shape index (κ1) is 18.6. The van der Waals surface area contributed by atoms with Crippen molar-refractivity contribution in [3.8, 4) is 12.3 Å².